The molecule has 0 spiro atoms. The molecule has 0 aliphatic heterocycles. The molecule has 1 unspecified atom stereocenters. The summed E-state index contributed by atoms with van der Waals surface area (Å²) in [6, 6.07) is 20.5. The van der Waals surface area contributed by atoms with Crippen LogP contribution in [0.15, 0.2) is 67.0 Å². The van der Waals surface area contributed by atoms with Crippen molar-refractivity contribution in [2.45, 2.75) is 82.7 Å². The zero-order valence-corrected chi connectivity index (χ0v) is 22.2. The smallest absolute Gasteiger partial charge is 0.0607 e. The zero-order chi connectivity index (χ0) is 23.2. The van der Waals surface area contributed by atoms with E-state index in [-0.39, 0.29) is 23.0 Å². The first-order valence-corrected chi connectivity index (χ1v) is 12.9. The van der Waals surface area contributed by atoms with Gasteiger partial charge in [-0.05, 0) is 67.0 Å². The van der Waals surface area contributed by atoms with Crippen LogP contribution in [0.3, 0.4) is 0 Å². The lowest BCUT2D eigenvalue weighted by molar-refractivity contribution is 0.0693. The topological polar surface area (TPSA) is 67.1 Å². The second-order valence-corrected chi connectivity index (χ2v) is 9.88. The number of aryl methyl sites for hydroxylation is 1. The molecule has 35 heavy (non-hydrogen) atoms. The molecule has 6 heteroatoms. The van der Waals surface area contributed by atoms with Gasteiger partial charge in [0.1, 0.15) is 0 Å². The molecule has 0 radical (unpaired) electrons. The molecule has 186 valence electrons. The third-order valence-electron chi connectivity index (χ3n) is 7.52. The minimum atomic E-state index is 0. The predicted molar refractivity (Wildman–Crippen MR) is 147 cm³/mol. The summed E-state index contributed by atoms with van der Waals surface area (Å²) in [4.78, 5) is 11.9. The number of benzene rings is 1. The summed E-state index contributed by atoms with van der Waals surface area (Å²) in [5.74, 6) is 0. The number of halogens is 1. The van der Waals surface area contributed by atoms with E-state index in [0.717, 1.165) is 38.2 Å². The van der Waals surface area contributed by atoms with Crippen molar-refractivity contribution in [2.75, 3.05) is 0 Å². The van der Waals surface area contributed by atoms with Gasteiger partial charge < -0.3 is 11.1 Å². The van der Waals surface area contributed by atoms with Crippen molar-refractivity contribution in [1.29, 1.82) is 0 Å². The molecule has 2 aromatic heterocycles. The molecule has 3 aromatic rings. The van der Waals surface area contributed by atoms with Gasteiger partial charge in [0.15, 0.2) is 0 Å². The van der Waals surface area contributed by atoms with Gasteiger partial charge in [0.2, 0.25) is 0 Å². The third kappa shape index (κ3) is 6.56. The molecule has 2 aliphatic rings. The summed E-state index contributed by atoms with van der Waals surface area (Å²) in [6.07, 6.45) is 12.2. The molecule has 0 bridgehead atoms. The summed E-state index contributed by atoms with van der Waals surface area (Å²) in [5.41, 5.74) is 13.1. The molecule has 1 aromatic carbocycles. The van der Waals surface area contributed by atoms with Crippen LogP contribution in [-0.4, -0.2) is 27.0 Å². The van der Waals surface area contributed by atoms with Crippen LogP contribution in [0.4, 0.5) is 0 Å². The summed E-state index contributed by atoms with van der Waals surface area (Å²) in [7, 11) is 0. The van der Waals surface area contributed by atoms with Crippen LogP contribution in [0.25, 0.3) is 0 Å². The van der Waals surface area contributed by atoms with Crippen LogP contribution >= 0.6 is 17.0 Å². The Hall–Kier alpha value is -2.12. The highest BCUT2D eigenvalue weighted by Gasteiger charge is 2.35. The Balaban J connectivity index is 0.00000289. The van der Waals surface area contributed by atoms with E-state index in [9.17, 15) is 0 Å². The highest BCUT2D eigenvalue weighted by Crippen LogP contribution is 2.38. The number of nitrogens with two attached hydrogens (primary N) is 1. The van der Waals surface area contributed by atoms with Gasteiger partial charge in [-0.3, -0.25) is 14.9 Å². The van der Waals surface area contributed by atoms with Gasteiger partial charge in [-0.25, -0.2) is 0 Å². The summed E-state index contributed by atoms with van der Waals surface area (Å²) < 4.78 is 0. The van der Waals surface area contributed by atoms with Crippen LogP contribution in [-0.2, 0) is 26.1 Å². The van der Waals surface area contributed by atoms with Gasteiger partial charge in [-0.1, -0.05) is 49.2 Å². The van der Waals surface area contributed by atoms with Crippen LogP contribution in [0.2, 0.25) is 0 Å². The molecular formula is C29H38BrN5. The Kier molecular flexibility index (Phi) is 9.44. The van der Waals surface area contributed by atoms with E-state index in [1.807, 2.05) is 24.5 Å². The standard InChI is InChI=1S/C29H37N5.BrH/c30-26-10-1-2-11-27(26)34(28-12-5-7-24-8-6-18-33-29(24)28)21-23-15-13-22(14-16-23)19-31-20-25-9-3-4-17-32-25;/h3-4,6,8-9,13-18,26-28,31H,1-2,5,7,10-12,19-21,30H2;1H/t26-,27-,28?;/m1./s1. The molecular weight excluding hydrogens is 498 g/mol. The van der Waals surface area contributed by atoms with Gasteiger partial charge in [0, 0.05) is 44.1 Å². The van der Waals surface area contributed by atoms with Gasteiger partial charge in [0.25, 0.3) is 0 Å². The van der Waals surface area contributed by atoms with Crippen LogP contribution < -0.4 is 11.1 Å². The maximum absolute atomic E-state index is 6.71. The zero-order valence-electron chi connectivity index (χ0n) is 20.5. The minimum Gasteiger partial charge on any atom is -0.326 e. The average Bonchev–Trinajstić information content (AvgIpc) is 2.89. The lowest BCUT2D eigenvalue weighted by Gasteiger charge is -2.44. The Bertz CT molecular complexity index is 1040. The molecule has 5 rings (SSSR count). The number of aromatic nitrogens is 2. The van der Waals surface area contributed by atoms with Crippen LogP contribution in [0.5, 0.6) is 0 Å². The van der Waals surface area contributed by atoms with Crippen molar-refractivity contribution in [2.24, 2.45) is 5.73 Å². The van der Waals surface area contributed by atoms with Crippen molar-refractivity contribution in [3.63, 3.8) is 0 Å². The Labute approximate surface area is 220 Å². The van der Waals surface area contributed by atoms with E-state index in [1.54, 1.807) is 0 Å². The number of nitrogens with zero attached hydrogens (tertiary/aromatic N) is 3. The Morgan fingerprint density at radius 3 is 2.43 bits per heavy atom. The predicted octanol–water partition coefficient (Wildman–Crippen LogP) is 5.49. The normalized spacial score (nSPS) is 21.8. The highest BCUT2D eigenvalue weighted by molar-refractivity contribution is 8.93. The molecule has 3 N–H and O–H groups in total. The minimum absolute atomic E-state index is 0. The van der Waals surface area contributed by atoms with Crippen LogP contribution in [0, 0.1) is 0 Å². The largest absolute Gasteiger partial charge is 0.326 e. The molecule has 1 saturated carbocycles. The number of nitrogens with one attached hydrogen (secondary N) is 1. The van der Waals surface area contributed by atoms with E-state index in [1.165, 1.54) is 54.5 Å². The lowest BCUT2D eigenvalue weighted by Crippen LogP contribution is -2.51. The number of rotatable bonds is 8. The van der Waals surface area contributed by atoms with Crippen molar-refractivity contribution in [3.05, 3.63) is 95.1 Å². The van der Waals surface area contributed by atoms with Gasteiger partial charge in [-0.15, -0.1) is 17.0 Å². The number of hydrogen-bond acceptors (Lipinski definition) is 5. The summed E-state index contributed by atoms with van der Waals surface area (Å²) in [6.45, 7) is 2.55. The molecule has 5 nitrogen and oxygen atoms in total. The molecule has 2 heterocycles. The fourth-order valence-corrected chi connectivity index (χ4v) is 5.73. The lowest BCUT2D eigenvalue weighted by atomic mass is 9.85. The maximum Gasteiger partial charge on any atom is 0.0607 e. The quantitative estimate of drug-likeness (QED) is 0.399. The second-order valence-electron chi connectivity index (χ2n) is 9.88. The van der Waals surface area contributed by atoms with Crippen molar-refractivity contribution >= 4 is 17.0 Å². The first kappa shape index (κ1) is 26.0. The summed E-state index contributed by atoms with van der Waals surface area (Å²) >= 11 is 0. The molecule has 0 amide bonds. The van der Waals surface area contributed by atoms with E-state index in [2.05, 4.69) is 57.7 Å². The van der Waals surface area contributed by atoms with E-state index >= 15 is 0 Å². The highest BCUT2D eigenvalue weighted by atomic mass is 79.9. The van der Waals surface area contributed by atoms with Crippen LogP contribution in [0.1, 0.15) is 72.6 Å². The van der Waals surface area contributed by atoms with Gasteiger partial charge in [0.05, 0.1) is 17.4 Å². The molecule has 1 fully saturated rings. The second kappa shape index (κ2) is 12.7. The molecule has 0 saturated heterocycles. The van der Waals surface area contributed by atoms with E-state index in [4.69, 9.17) is 10.7 Å². The molecule has 3 atom stereocenters. The SMILES string of the molecule is Br.N[C@@H]1CCCC[C@H]1N(Cc1ccc(CNCc2ccccn2)cc1)C1CCCc2cccnc21. The number of pyridine rings is 2. The third-order valence-corrected chi connectivity index (χ3v) is 7.52. The Morgan fingerprint density at radius 2 is 1.63 bits per heavy atom. The number of hydrogen-bond donors (Lipinski definition) is 2. The first-order chi connectivity index (χ1) is 16.8. The fourth-order valence-electron chi connectivity index (χ4n) is 5.73. The maximum atomic E-state index is 6.71. The van der Waals surface area contributed by atoms with Gasteiger partial charge in [-0.2, -0.15) is 0 Å². The number of fused-ring (bicyclic) bond motifs is 1. The Morgan fingerprint density at radius 1 is 0.829 bits per heavy atom. The van der Waals surface area contributed by atoms with Crippen molar-refractivity contribution in [1.82, 2.24) is 20.2 Å². The molecule has 2 aliphatic carbocycles. The van der Waals surface area contributed by atoms with Crippen molar-refractivity contribution in [3.8, 4) is 0 Å². The van der Waals surface area contributed by atoms with E-state index < -0.39 is 0 Å². The average molecular weight is 537 g/mol. The van der Waals surface area contributed by atoms with Crippen molar-refractivity contribution < 1.29 is 0 Å². The van der Waals surface area contributed by atoms with Gasteiger partial charge >= 0.3 is 0 Å². The summed E-state index contributed by atoms with van der Waals surface area (Å²) in [5, 5.41) is 3.50. The monoisotopic (exact) mass is 535 g/mol. The fraction of sp³-hybridized carbons (Fsp3) is 0.448. The van der Waals surface area contributed by atoms with E-state index in [0.29, 0.717) is 12.1 Å². The first-order valence-electron chi connectivity index (χ1n) is 12.9.